The van der Waals surface area contributed by atoms with Crippen LogP contribution in [0.3, 0.4) is 0 Å². The Morgan fingerprint density at radius 2 is 2.55 bits per heavy atom. The third-order valence-corrected chi connectivity index (χ3v) is 1.97. The molecule has 1 nitrogen and oxygen atoms in total. The van der Waals surface area contributed by atoms with Gasteiger partial charge in [-0.25, -0.2) is 0 Å². The van der Waals surface area contributed by atoms with Gasteiger partial charge in [-0.1, -0.05) is 31.2 Å². The van der Waals surface area contributed by atoms with Crippen LogP contribution in [0.15, 0.2) is 24.3 Å². The van der Waals surface area contributed by atoms with E-state index in [4.69, 9.17) is 5.26 Å². The minimum atomic E-state index is 0.192. The summed E-state index contributed by atoms with van der Waals surface area (Å²) in [6, 6.07) is 2.31. The van der Waals surface area contributed by atoms with Gasteiger partial charge in [0.25, 0.3) is 0 Å². The first-order valence-corrected chi connectivity index (χ1v) is 4.11. The Morgan fingerprint density at radius 1 is 1.73 bits per heavy atom. The molecule has 1 aliphatic carbocycles. The van der Waals surface area contributed by atoms with Gasteiger partial charge >= 0.3 is 0 Å². The summed E-state index contributed by atoms with van der Waals surface area (Å²) in [7, 11) is 0. The summed E-state index contributed by atoms with van der Waals surface area (Å²) in [4.78, 5) is 0. The third-order valence-electron chi connectivity index (χ3n) is 1.97. The van der Waals surface area contributed by atoms with Crippen LogP contribution >= 0.6 is 0 Å². The first kappa shape index (κ1) is 8.07. The van der Waals surface area contributed by atoms with Gasteiger partial charge in [0.15, 0.2) is 0 Å². The van der Waals surface area contributed by atoms with E-state index in [1.165, 1.54) is 0 Å². The fourth-order valence-electron chi connectivity index (χ4n) is 1.30. The van der Waals surface area contributed by atoms with Gasteiger partial charge in [0.2, 0.25) is 0 Å². The van der Waals surface area contributed by atoms with Gasteiger partial charge in [-0.3, -0.25) is 0 Å². The molecule has 2 atom stereocenters. The van der Waals surface area contributed by atoms with Crippen LogP contribution in [0, 0.1) is 23.2 Å². The molecule has 0 aliphatic heterocycles. The van der Waals surface area contributed by atoms with Gasteiger partial charge in [0.05, 0.1) is 12.0 Å². The van der Waals surface area contributed by atoms with Crippen molar-refractivity contribution < 1.29 is 0 Å². The van der Waals surface area contributed by atoms with Gasteiger partial charge < -0.3 is 0 Å². The van der Waals surface area contributed by atoms with Crippen LogP contribution in [0.1, 0.15) is 19.8 Å². The minimum absolute atomic E-state index is 0.192. The molecule has 1 aliphatic rings. The molecule has 58 valence electrons. The molecule has 2 unspecified atom stereocenters. The van der Waals surface area contributed by atoms with E-state index >= 15 is 0 Å². The van der Waals surface area contributed by atoms with Gasteiger partial charge in [-0.15, -0.1) is 0 Å². The predicted molar refractivity (Wildman–Crippen MR) is 45.8 cm³/mol. The summed E-state index contributed by atoms with van der Waals surface area (Å²) in [5.41, 5.74) is 0. The van der Waals surface area contributed by atoms with Gasteiger partial charge in [0.1, 0.15) is 0 Å². The Hall–Kier alpha value is -1.03. The lowest BCUT2D eigenvalue weighted by Crippen LogP contribution is -2.01. The second kappa shape index (κ2) is 3.98. The van der Waals surface area contributed by atoms with Crippen molar-refractivity contribution in [3.05, 3.63) is 24.3 Å². The Balaban J connectivity index is 2.51. The lowest BCUT2D eigenvalue weighted by atomic mass is 9.97. The first-order valence-electron chi connectivity index (χ1n) is 4.11. The zero-order valence-corrected chi connectivity index (χ0v) is 6.83. The van der Waals surface area contributed by atoms with Crippen molar-refractivity contribution in [1.29, 1.82) is 5.26 Å². The minimum Gasteiger partial charge on any atom is -0.198 e. The summed E-state index contributed by atoms with van der Waals surface area (Å²) < 4.78 is 0. The van der Waals surface area contributed by atoms with Crippen molar-refractivity contribution in [2.75, 3.05) is 0 Å². The molecular weight excluding hydrogens is 134 g/mol. The van der Waals surface area contributed by atoms with Crippen molar-refractivity contribution in [1.82, 2.24) is 0 Å². The summed E-state index contributed by atoms with van der Waals surface area (Å²) in [6.45, 7) is 2.11. The molecule has 0 saturated heterocycles. The van der Waals surface area contributed by atoms with Crippen LogP contribution in [0.4, 0.5) is 0 Å². The maximum atomic E-state index is 8.71. The normalized spacial score (nSPS) is 29.5. The van der Waals surface area contributed by atoms with Crippen LogP contribution in [0.5, 0.6) is 0 Å². The van der Waals surface area contributed by atoms with E-state index < -0.39 is 0 Å². The molecule has 0 fully saturated rings. The van der Waals surface area contributed by atoms with Crippen molar-refractivity contribution in [3.8, 4) is 6.07 Å². The SMILES string of the molecule is CC/C=C\C1C=CCC1C#N. The van der Waals surface area contributed by atoms with Gasteiger partial charge in [-0.05, 0) is 12.8 Å². The highest BCUT2D eigenvalue weighted by Gasteiger charge is 2.18. The molecule has 1 heteroatoms. The first-order chi connectivity index (χ1) is 5.38. The molecule has 0 N–H and O–H groups in total. The van der Waals surface area contributed by atoms with Gasteiger partial charge in [0, 0.05) is 5.92 Å². The zero-order chi connectivity index (χ0) is 8.10. The van der Waals surface area contributed by atoms with E-state index in [-0.39, 0.29) is 5.92 Å². The number of hydrogen-bond acceptors (Lipinski definition) is 1. The number of allylic oxidation sites excluding steroid dienone is 4. The van der Waals surface area contributed by atoms with Crippen LogP contribution < -0.4 is 0 Å². The van der Waals surface area contributed by atoms with Gasteiger partial charge in [-0.2, -0.15) is 5.26 Å². The van der Waals surface area contributed by atoms with Crippen molar-refractivity contribution in [2.24, 2.45) is 11.8 Å². The molecule has 1 rings (SSSR count). The zero-order valence-electron chi connectivity index (χ0n) is 6.83. The Labute approximate surface area is 68.0 Å². The lowest BCUT2D eigenvalue weighted by Gasteiger charge is -2.05. The number of hydrogen-bond donors (Lipinski definition) is 0. The van der Waals surface area contributed by atoms with Crippen LogP contribution in [-0.2, 0) is 0 Å². The van der Waals surface area contributed by atoms with E-state index in [0.29, 0.717) is 5.92 Å². The standard InChI is InChI=1S/C10H13N/c1-2-3-5-9-6-4-7-10(9)8-11/h3-6,9-10H,2,7H2,1H3/b5-3-. The smallest absolute Gasteiger partial charge is 0.0668 e. The molecule has 0 spiro atoms. The largest absolute Gasteiger partial charge is 0.198 e. The van der Waals surface area contributed by atoms with E-state index in [0.717, 1.165) is 12.8 Å². The third kappa shape index (κ3) is 1.94. The molecule has 0 radical (unpaired) electrons. The molecule has 0 heterocycles. The molecule has 0 aromatic carbocycles. The highest BCUT2D eigenvalue weighted by atomic mass is 14.3. The predicted octanol–water partition coefficient (Wildman–Crippen LogP) is 2.67. The topological polar surface area (TPSA) is 23.8 Å². The maximum Gasteiger partial charge on any atom is 0.0668 e. The Bertz CT molecular complexity index is 207. The monoisotopic (exact) mass is 147 g/mol. The summed E-state index contributed by atoms with van der Waals surface area (Å²) >= 11 is 0. The number of rotatable bonds is 2. The quantitative estimate of drug-likeness (QED) is 0.551. The molecule has 0 saturated carbocycles. The van der Waals surface area contributed by atoms with E-state index in [9.17, 15) is 0 Å². The molecular formula is C10H13N. The maximum absolute atomic E-state index is 8.71. The van der Waals surface area contributed by atoms with E-state index in [1.807, 2.05) is 0 Å². The molecule has 0 amide bonds. The number of nitrogens with zero attached hydrogens (tertiary/aromatic N) is 1. The van der Waals surface area contributed by atoms with Crippen molar-refractivity contribution in [2.45, 2.75) is 19.8 Å². The van der Waals surface area contributed by atoms with Crippen LogP contribution in [0.2, 0.25) is 0 Å². The van der Waals surface area contributed by atoms with Crippen molar-refractivity contribution in [3.63, 3.8) is 0 Å². The highest BCUT2D eigenvalue weighted by molar-refractivity contribution is 5.14. The molecule has 11 heavy (non-hydrogen) atoms. The van der Waals surface area contributed by atoms with E-state index in [2.05, 4.69) is 37.3 Å². The fraction of sp³-hybridized carbons (Fsp3) is 0.500. The second-order valence-corrected chi connectivity index (χ2v) is 2.81. The molecule has 0 bridgehead atoms. The van der Waals surface area contributed by atoms with Crippen LogP contribution in [0.25, 0.3) is 0 Å². The number of nitriles is 1. The fourth-order valence-corrected chi connectivity index (χ4v) is 1.30. The average molecular weight is 147 g/mol. The molecule has 0 aromatic heterocycles. The molecule has 0 aromatic rings. The van der Waals surface area contributed by atoms with Crippen LogP contribution in [-0.4, -0.2) is 0 Å². The highest BCUT2D eigenvalue weighted by Crippen LogP contribution is 2.25. The lowest BCUT2D eigenvalue weighted by molar-refractivity contribution is 0.615. The van der Waals surface area contributed by atoms with E-state index in [1.54, 1.807) is 0 Å². The average Bonchev–Trinajstić information content (AvgIpc) is 2.47. The summed E-state index contributed by atoms with van der Waals surface area (Å²) in [5.74, 6) is 0.567. The summed E-state index contributed by atoms with van der Waals surface area (Å²) in [5, 5.41) is 8.71. The van der Waals surface area contributed by atoms with Crippen molar-refractivity contribution >= 4 is 0 Å². The Morgan fingerprint density at radius 3 is 3.18 bits per heavy atom. The summed E-state index contributed by atoms with van der Waals surface area (Å²) in [6.07, 6.45) is 10.5. The second-order valence-electron chi connectivity index (χ2n) is 2.81. The Kier molecular flexibility index (Phi) is 2.92.